The van der Waals surface area contributed by atoms with Gasteiger partial charge in [0.15, 0.2) is 5.82 Å². The molecular weight excluding hydrogens is 302 g/mol. The second-order valence-corrected chi connectivity index (χ2v) is 6.38. The van der Waals surface area contributed by atoms with Gasteiger partial charge in [0.05, 0.1) is 0 Å². The van der Waals surface area contributed by atoms with E-state index < -0.39 is 10.0 Å². The quantitative estimate of drug-likeness (QED) is 0.778. The second-order valence-electron chi connectivity index (χ2n) is 4.29. The normalized spacial score (nSPS) is 11.9. The van der Waals surface area contributed by atoms with Crippen molar-refractivity contribution in [1.29, 1.82) is 0 Å². The molecule has 1 aromatic carbocycles. The minimum absolute atomic E-state index is 0.131. The van der Waals surface area contributed by atoms with E-state index in [4.69, 9.17) is 16.1 Å². The molecular formula is C12H10ClN3O3S. The van der Waals surface area contributed by atoms with E-state index in [1.165, 1.54) is 12.5 Å². The minimum Gasteiger partial charge on any atom is -0.362 e. The van der Waals surface area contributed by atoms with Gasteiger partial charge in [-0.05, 0) is 25.1 Å². The van der Waals surface area contributed by atoms with Gasteiger partial charge in [0.25, 0.3) is 10.0 Å². The predicted molar refractivity (Wildman–Crippen MR) is 75.4 cm³/mol. The lowest BCUT2D eigenvalue weighted by molar-refractivity contribution is 0.422. The summed E-state index contributed by atoms with van der Waals surface area (Å²) in [6.07, 6.45) is 2.78. The molecule has 2 N–H and O–H groups in total. The molecule has 2 heterocycles. The van der Waals surface area contributed by atoms with E-state index in [0.29, 0.717) is 21.5 Å². The molecule has 3 rings (SSSR count). The number of nitrogens with one attached hydrogen (secondary N) is 2. The molecule has 0 spiro atoms. The number of aromatic nitrogens is 2. The first-order valence-corrected chi connectivity index (χ1v) is 7.54. The molecule has 3 aromatic rings. The van der Waals surface area contributed by atoms with Crippen molar-refractivity contribution in [2.24, 2.45) is 0 Å². The molecule has 0 amide bonds. The molecule has 6 nitrogen and oxygen atoms in total. The van der Waals surface area contributed by atoms with E-state index in [0.717, 1.165) is 0 Å². The van der Waals surface area contributed by atoms with Gasteiger partial charge >= 0.3 is 0 Å². The van der Waals surface area contributed by atoms with Crippen molar-refractivity contribution < 1.29 is 12.9 Å². The molecule has 0 saturated carbocycles. The third kappa shape index (κ3) is 2.14. The zero-order valence-corrected chi connectivity index (χ0v) is 11.9. The first kappa shape index (κ1) is 13.0. The molecule has 20 heavy (non-hydrogen) atoms. The number of benzene rings is 1. The Morgan fingerprint density at radius 3 is 2.90 bits per heavy atom. The topological polar surface area (TPSA) is 88.0 Å². The van der Waals surface area contributed by atoms with Crippen LogP contribution >= 0.6 is 11.6 Å². The lowest BCUT2D eigenvalue weighted by Crippen LogP contribution is -2.13. The van der Waals surface area contributed by atoms with E-state index in [-0.39, 0.29) is 10.7 Å². The lowest BCUT2D eigenvalue weighted by atomic mass is 10.2. The van der Waals surface area contributed by atoms with Crippen LogP contribution in [0.3, 0.4) is 0 Å². The number of aryl methyl sites for hydroxylation is 1. The Labute approximate surface area is 119 Å². The number of anilines is 1. The molecule has 0 aliphatic carbocycles. The molecule has 0 fully saturated rings. The van der Waals surface area contributed by atoms with E-state index in [1.807, 2.05) is 0 Å². The molecule has 0 bridgehead atoms. The monoisotopic (exact) mass is 311 g/mol. The molecule has 0 unspecified atom stereocenters. The molecule has 0 radical (unpaired) electrons. The summed E-state index contributed by atoms with van der Waals surface area (Å²) < 4.78 is 31.8. The highest BCUT2D eigenvalue weighted by Crippen LogP contribution is 2.27. The molecule has 0 aliphatic heterocycles. The zero-order chi connectivity index (χ0) is 14.3. The molecule has 8 heteroatoms. The highest BCUT2D eigenvalue weighted by Gasteiger charge is 2.21. The molecule has 0 atom stereocenters. The maximum Gasteiger partial charge on any atom is 0.265 e. The lowest BCUT2D eigenvalue weighted by Gasteiger charge is -2.04. The zero-order valence-electron chi connectivity index (χ0n) is 10.3. The summed E-state index contributed by atoms with van der Waals surface area (Å²) in [6, 6.07) is 4.95. The van der Waals surface area contributed by atoms with E-state index in [2.05, 4.69) is 14.9 Å². The van der Waals surface area contributed by atoms with Crippen molar-refractivity contribution in [2.45, 2.75) is 11.8 Å². The number of H-pyrrole nitrogens is 1. The first-order chi connectivity index (χ1) is 9.47. The Morgan fingerprint density at radius 2 is 2.20 bits per heavy atom. The predicted octanol–water partition coefficient (Wildman–Crippen LogP) is 2.92. The van der Waals surface area contributed by atoms with E-state index in [9.17, 15) is 8.42 Å². The van der Waals surface area contributed by atoms with Crippen LogP contribution in [0.1, 0.15) is 5.56 Å². The summed E-state index contributed by atoms with van der Waals surface area (Å²) in [5.74, 6) is 0.174. The number of hydrogen-bond donors (Lipinski definition) is 2. The maximum atomic E-state index is 12.4. The smallest absolute Gasteiger partial charge is 0.265 e. The molecule has 0 saturated heterocycles. The summed E-state index contributed by atoms with van der Waals surface area (Å²) in [4.78, 5) is 3.01. The van der Waals surface area contributed by atoms with Crippen LogP contribution in [0.5, 0.6) is 0 Å². The molecule has 2 aromatic heterocycles. The van der Waals surface area contributed by atoms with Gasteiger partial charge in [0.1, 0.15) is 11.2 Å². The van der Waals surface area contributed by atoms with E-state index in [1.54, 1.807) is 25.1 Å². The van der Waals surface area contributed by atoms with Crippen LogP contribution in [0, 0.1) is 6.92 Å². The number of rotatable bonds is 3. The third-order valence-electron chi connectivity index (χ3n) is 2.87. The van der Waals surface area contributed by atoms with Gasteiger partial charge in [0.2, 0.25) is 0 Å². The average Bonchev–Trinajstić information content (AvgIpc) is 2.96. The van der Waals surface area contributed by atoms with Crippen LogP contribution in [-0.4, -0.2) is 18.6 Å². The Bertz CT molecular complexity index is 882. The standard InChI is InChI=1S/C12H10ClN3O3S/c1-7-6-19-15-12(7)16-20(17,18)11-5-14-10-4-8(13)2-3-9(10)11/h2-6,14H,1H3,(H,15,16). The Hall–Kier alpha value is -1.99. The fraction of sp³-hybridized carbons (Fsp3) is 0.0833. The second kappa shape index (κ2) is 4.53. The summed E-state index contributed by atoms with van der Waals surface area (Å²) in [5, 5.41) is 4.70. The Kier molecular flexibility index (Phi) is 2.95. The number of sulfonamides is 1. The van der Waals surface area contributed by atoms with Crippen LogP contribution in [0.15, 0.2) is 40.1 Å². The van der Waals surface area contributed by atoms with Crippen LogP contribution in [0.4, 0.5) is 5.82 Å². The highest BCUT2D eigenvalue weighted by atomic mass is 35.5. The van der Waals surface area contributed by atoms with Crippen molar-refractivity contribution >= 4 is 38.3 Å². The van der Waals surface area contributed by atoms with Crippen molar-refractivity contribution in [1.82, 2.24) is 10.1 Å². The number of halogens is 1. The summed E-state index contributed by atoms with van der Waals surface area (Å²) in [6.45, 7) is 1.70. The largest absolute Gasteiger partial charge is 0.362 e. The fourth-order valence-electron chi connectivity index (χ4n) is 1.86. The van der Waals surface area contributed by atoms with Crippen LogP contribution in [-0.2, 0) is 10.0 Å². The Balaban J connectivity index is 2.08. The number of fused-ring (bicyclic) bond motifs is 1. The van der Waals surface area contributed by atoms with Gasteiger partial charge in [-0.25, -0.2) is 8.42 Å². The third-order valence-corrected chi connectivity index (χ3v) is 4.49. The Morgan fingerprint density at radius 1 is 1.40 bits per heavy atom. The van der Waals surface area contributed by atoms with Gasteiger partial charge in [-0.2, -0.15) is 0 Å². The average molecular weight is 312 g/mol. The van der Waals surface area contributed by atoms with Crippen LogP contribution < -0.4 is 4.72 Å². The van der Waals surface area contributed by atoms with Gasteiger partial charge in [-0.15, -0.1) is 0 Å². The van der Waals surface area contributed by atoms with Crippen LogP contribution in [0.2, 0.25) is 5.02 Å². The SMILES string of the molecule is Cc1conc1NS(=O)(=O)c1c[nH]c2cc(Cl)ccc12. The van der Waals surface area contributed by atoms with Crippen molar-refractivity contribution in [3.63, 3.8) is 0 Å². The number of aromatic amines is 1. The van der Waals surface area contributed by atoms with Crippen molar-refractivity contribution in [3.05, 3.63) is 41.2 Å². The van der Waals surface area contributed by atoms with Crippen molar-refractivity contribution in [2.75, 3.05) is 4.72 Å². The summed E-state index contributed by atoms with van der Waals surface area (Å²) >= 11 is 5.87. The molecule has 0 aliphatic rings. The van der Waals surface area contributed by atoms with Gasteiger partial charge in [0, 0.05) is 27.7 Å². The van der Waals surface area contributed by atoms with Crippen molar-refractivity contribution in [3.8, 4) is 0 Å². The summed E-state index contributed by atoms with van der Waals surface area (Å²) in [7, 11) is -3.75. The number of hydrogen-bond acceptors (Lipinski definition) is 4. The van der Waals surface area contributed by atoms with Crippen LogP contribution in [0.25, 0.3) is 10.9 Å². The highest BCUT2D eigenvalue weighted by molar-refractivity contribution is 7.93. The first-order valence-electron chi connectivity index (χ1n) is 5.68. The van der Waals surface area contributed by atoms with Gasteiger partial charge in [-0.3, -0.25) is 4.72 Å². The van der Waals surface area contributed by atoms with Gasteiger partial charge < -0.3 is 9.51 Å². The summed E-state index contributed by atoms with van der Waals surface area (Å²) in [5.41, 5.74) is 1.26. The van der Waals surface area contributed by atoms with Gasteiger partial charge in [-0.1, -0.05) is 16.8 Å². The minimum atomic E-state index is -3.75. The molecule has 104 valence electrons. The number of nitrogens with zero attached hydrogens (tertiary/aromatic N) is 1. The van der Waals surface area contributed by atoms with E-state index >= 15 is 0 Å². The maximum absolute atomic E-state index is 12.4. The fourth-order valence-corrected chi connectivity index (χ4v) is 3.28.